The zero-order valence-electron chi connectivity index (χ0n) is 7.30. The molecule has 0 spiro atoms. The summed E-state index contributed by atoms with van der Waals surface area (Å²) >= 11 is 0. The van der Waals surface area contributed by atoms with E-state index in [1.165, 1.54) is 6.92 Å². The van der Waals surface area contributed by atoms with Gasteiger partial charge < -0.3 is 15.2 Å². The van der Waals surface area contributed by atoms with Crippen LogP contribution in [-0.2, 0) is 9.53 Å². The average Bonchev–Trinajstić information content (AvgIpc) is 2.08. The number of aliphatic carboxylic acids is 1. The second-order valence-electron chi connectivity index (χ2n) is 2.45. The fourth-order valence-corrected chi connectivity index (χ4v) is 0.516. The van der Waals surface area contributed by atoms with Gasteiger partial charge in [0, 0.05) is 18.7 Å². The number of carbonyl (C=O) groups is 1. The van der Waals surface area contributed by atoms with Crippen LogP contribution in [0.25, 0.3) is 0 Å². The lowest BCUT2D eigenvalue weighted by Gasteiger charge is -2.10. The maximum absolute atomic E-state index is 9.60. The molecule has 1 aliphatic heterocycles. The highest BCUT2D eigenvalue weighted by Crippen LogP contribution is 1.81. The highest BCUT2D eigenvalue weighted by atomic mass is 16.5. The summed E-state index contributed by atoms with van der Waals surface area (Å²) in [5, 5.41) is 11.1. The summed E-state index contributed by atoms with van der Waals surface area (Å²) in [7, 11) is 0. The molecule has 0 saturated carbocycles. The summed E-state index contributed by atoms with van der Waals surface area (Å²) in [6.45, 7) is 8.44. The van der Waals surface area contributed by atoms with Crippen molar-refractivity contribution in [3.05, 3.63) is 12.2 Å². The molecule has 1 saturated heterocycles. The van der Waals surface area contributed by atoms with Gasteiger partial charge in [-0.15, -0.1) is 0 Å². The topological polar surface area (TPSA) is 58.6 Å². The number of rotatable bonds is 1. The molecular formula is C8H15NO3. The maximum atomic E-state index is 9.60. The fourth-order valence-electron chi connectivity index (χ4n) is 0.516. The largest absolute Gasteiger partial charge is 0.478 e. The number of nitrogens with one attached hydrogen (secondary N) is 1. The van der Waals surface area contributed by atoms with Gasteiger partial charge in [-0.3, -0.25) is 0 Å². The summed E-state index contributed by atoms with van der Waals surface area (Å²) in [5.74, 6) is -0.935. The molecule has 1 rings (SSSR count). The van der Waals surface area contributed by atoms with Crippen molar-refractivity contribution in [3.63, 3.8) is 0 Å². The molecule has 0 bridgehead atoms. The van der Waals surface area contributed by atoms with Crippen molar-refractivity contribution < 1.29 is 14.6 Å². The van der Waals surface area contributed by atoms with Crippen LogP contribution >= 0.6 is 0 Å². The molecule has 0 aromatic heterocycles. The van der Waals surface area contributed by atoms with Gasteiger partial charge in [0.05, 0.1) is 13.2 Å². The Morgan fingerprint density at radius 1 is 1.50 bits per heavy atom. The van der Waals surface area contributed by atoms with Crippen LogP contribution in [0.15, 0.2) is 12.2 Å². The number of hydrogen-bond acceptors (Lipinski definition) is 3. The number of morpholine rings is 1. The molecule has 0 radical (unpaired) electrons. The summed E-state index contributed by atoms with van der Waals surface area (Å²) in [5.41, 5.74) is 0.176. The van der Waals surface area contributed by atoms with Crippen LogP contribution in [0.1, 0.15) is 6.92 Å². The summed E-state index contributed by atoms with van der Waals surface area (Å²) in [6.07, 6.45) is 0. The quantitative estimate of drug-likeness (QED) is 0.558. The third-order valence-corrected chi connectivity index (χ3v) is 1.21. The normalized spacial score (nSPS) is 15.8. The molecule has 0 atom stereocenters. The Morgan fingerprint density at radius 3 is 2.00 bits per heavy atom. The fraction of sp³-hybridized carbons (Fsp3) is 0.625. The van der Waals surface area contributed by atoms with E-state index in [0.717, 1.165) is 26.3 Å². The predicted octanol–water partition coefficient (Wildman–Crippen LogP) is 0.253. The first-order valence-electron chi connectivity index (χ1n) is 3.82. The van der Waals surface area contributed by atoms with Gasteiger partial charge in [0.25, 0.3) is 0 Å². The maximum Gasteiger partial charge on any atom is 0.330 e. The SMILES string of the molecule is C1COCCN1.C=C(C)C(=O)O. The highest BCUT2D eigenvalue weighted by Gasteiger charge is 1.93. The molecule has 4 heteroatoms. The second kappa shape index (κ2) is 6.82. The van der Waals surface area contributed by atoms with E-state index in [1.807, 2.05) is 0 Å². The van der Waals surface area contributed by atoms with Crippen LogP contribution in [0.5, 0.6) is 0 Å². The van der Waals surface area contributed by atoms with Crippen molar-refractivity contribution in [3.8, 4) is 0 Å². The van der Waals surface area contributed by atoms with E-state index >= 15 is 0 Å². The Balaban J connectivity index is 0.000000202. The van der Waals surface area contributed by atoms with E-state index in [2.05, 4.69) is 11.9 Å². The molecule has 1 heterocycles. The summed E-state index contributed by atoms with van der Waals surface area (Å²) in [6, 6.07) is 0. The second-order valence-corrected chi connectivity index (χ2v) is 2.45. The molecule has 2 N–H and O–H groups in total. The van der Waals surface area contributed by atoms with E-state index in [0.29, 0.717) is 0 Å². The lowest BCUT2D eigenvalue weighted by molar-refractivity contribution is -0.132. The molecule has 0 unspecified atom stereocenters. The van der Waals surface area contributed by atoms with Crippen molar-refractivity contribution in [1.82, 2.24) is 5.32 Å². The van der Waals surface area contributed by atoms with Crippen molar-refractivity contribution in [2.45, 2.75) is 6.92 Å². The van der Waals surface area contributed by atoms with Gasteiger partial charge in [-0.2, -0.15) is 0 Å². The zero-order chi connectivity index (χ0) is 9.40. The van der Waals surface area contributed by atoms with E-state index in [4.69, 9.17) is 9.84 Å². The van der Waals surface area contributed by atoms with Crippen molar-refractivity contribution in [1.29, 1.82) is 0 Å². The molecule has 4 nitrogen and oxygen atoms in total. The van der Waals surface area contributed by atoms with Crippen LogP contribution in [-0.4, -0.2) is 37.4 Å². The van der Waals surface area contributed by atoms with E-state index in [1.54, 1.807) is 0 Å². The Hall–Kier alpha value is -0.870. The summed E-state index contributed by atoms with van der Waals surface area (Å²) in [4.78, 5) is 9.60. The number of carboxylic acid groups (broad SMARTS) is 1. The van der Waals surface area contributed by atoms with Crippen molar-refractivity contribution in [2.24, 2.45) is 0 Å². The Bertz CT molecular complexity index is 129. The summed E-state index contributed by atoms with van der Waals surface area (Å²) < 4.78 is 5.01. The minimum atomic E-state index is -0.935. The molecule has 1 fully saturated rings. The third-order valence-electron chi connectivity index (χ3n) is 1.21. The van der Waals surface area contributed by atoms with Crippen molar-refractivity contribution in [2.75, 3.05) is 26.3 Å². The van der Waals surface area contributed by atoms with Crippen LogP contribution in [0.4, 0.5) is 0 Å². The van der Waals surface area contributed by atoms with Crippen LogP contribution in [0.3, 0.4) is 0 Å². The highest BCUT2D eigenvalue weighted by molar-refractivity contribution is 5.84. The van der Waals surface area contributed by atoms with Crippen LogP contribution in [0, 0.1) is 0 Å². The van der Waals surface area contributed by atoms with Gasteiger partial charge in [0.2, 0.25) is 0 Å². The molecule has 0 aliphatic carbocycles. The van der Waals surface area contributed by atoms with Gasteiger partial charge in [-0.05, 0) is 6.92 Å². The minimum Gasteiger partial charge on any atom is -0.478 e. The molecule has 70 valence electrons. The minimum absolute atomic E-state index is 0.176. The molecular weight excluding hydrogens is 158 g/mol. The Labute approximate surface area is 72.2 Å². The lowest BCUT2D eigenvalue weighted by Crippen LogP contribution is -2.30. The monoisotopic (exact) mass is 173 g/mol. The Morgan fingerprint density at radius 2 is 1.92 bits per heavy atom. The van der Waals surface area contributed by atoms with Gasteiger partial charge in [0.15, 0.2) is 0 Å². The number of hydrogen-bond donors (Lipinski definition) is 2. The number of carboxylic acids is 1. The van der Waals surface area contributed by atoms with Crippen LogP contribution < -0.4 is 5.32 Å². The molecule has 1 aliphatic rings. The lowest BCUT2D eigenvalue weighted by atomic mass is 10.4. The van der Waals surface area contributed by atoms with Crippen LogP contribution in [0.2, 0.25) is 0 Å². The standard InChI is InChI=1S/C4H9NO.C4H6O2/c1-3-6-4-2-5-1;1-3(2)4(5)6/h5H,1-4H2;1H2,2H3,(H,5,6). The van der Waals surface area contributed by atoms with Gasteiger partial charge >= 0.3 is 5.97 Å². The molecule has 0 aromatic carbocycles. The van der Waals surface area contributed by atoms with Gasteiger partial charge in [0.1, 0.15) is 0 Å². The molecule has 12 heavy (non-hydrogen) atoms. The van der Waals surface area contributed by atoms with E-state index in [-0.39, 0.29) is 5.57 Å². The first-order chi connectivity index (χ1) is 5.64. The first kappa shape index (κ1) is 11.1. The average molecular weight is 173 g/mol. The van der Waals surface area contributed by atoms with Gasteiger partial charge in [-0.1, -0.05) is 6.58 Å². The first-order valence-corrected chi connectivity index (χ1v) is 3.82. The van der Waals surface area contributed by atoms with Crippen molar-refractivity contribution >= 4 is 5.97 Å². The zero-order valence-corrected chi connectivity index (χ0v) is 7.30. The number of ether oxygens (including phenoxy) is 1. The third kappa shape index (κ3) is 7.24. The van der Waals surface area contributed by atoms with E-state index in [9.17, 15) is 4.79 Å². The molecule has 0 aromatic rings. The Kier molecular flexibility index (Phi) is 6.32. The van der Waals surface area contributed by atoms with Gasteiger partial charge in [-0.25, -0.2) is 4.79 Å². The predicted molar refractivity (Wildman–Crippen MR) is 46.1 cm³/mol. The molecule has 0 amide bonds. The smallest absolute Gasteiger partial charge is 0.330 e. The van der Waals surface area contributed by atoms with E-state index < -0.39 is 5.97 Å².